The van der Waals surface area contributed by atoms with Crippen molar-refractivity contribution in [2.24, 2.45) is 5.92 Å². The smallest absolute Gasteiger partial charge is 0.272 e. The summed E-state index contributed by atoms with van der Waals surface area (Å²) in [5, 5.41) is 8.81. The Morgan fingerprint density at radius 2 is 2.22 bits per heavy atom. The molecular formula is C18H16FN3O. The number of hydrogen-bond acceptors (Lipinski definition) is 3. The molecule has 116 valence electrons. The minimum atomic E-state index is -0.300. The van der Waals surface area contributed by atoms with Crippen molar-refractivity contribution in [3.63, 3.8) is 0 Å². The summed E-state index contributed by atoms with van der Waals surface area (Å²) in [5.41, 5.74) is 1.52. The zero-order valence-electron chi connectivity index (χ0n) is 12.7. The third-order valence-corrected chi connectivity index (χ3v) is 4.26. The van der Waals surface area contributed by atoms with Gasteiger partial charge in [-0.3, -0.25) is 4.79 Å². The van der Waals surface area contributed by atoms with Gasteiger partial charge in [-0.2, -0.15) is 5.26 Å². The number of hydrogen-bond donors (Lipinski definition) is 0. The molecule has 4 nitrogen and oxygen atoms in total. The van der Waals surface area contributed by atoms with Crippen LogP contribution in [-0.4, -0.2) is 22.3 Å². The van der Waals surface area contributed by atoms with Crippen molar-refractivity contribution < 1.29 is 9.18 Å². The zero-order valence-corrected chi connectivity index (χ0v) is 12.7. The number of pyridine rings is 1. The third-order valence-electron chi connectivity index (χ3n) is 4.26. The second-order valence-corrected chi connectivity index (χ2v) is 5.81. The first-order chi connectivity index (χ1) is 11.1. The van der Waals surface area contributed by atoms with E-state index in [0.29, 0.717) is 17.8 Å². The minimum absolute atomic E-state index is 0.157. The quantitative estimate of drug-likeness (QED) is 0.855. The van der Waals surface area contributed by atoms with Crippen molar-refractivity contribution in [3.05, 3.63) is 65.2 Å². The molecule has 1 aliphatic heterocycles. The first-order valence-corrected chi connectivity index (χ1v) is 7.52. The lowest BCUT2D eigenvalue weighted by atomic mass is 9.95. The topological polar surface area (TPSA) is 57.0 Å². The summed E-state index contributed by atoms with van der Waals surface area (Å²) in [6.45, 7) is 2.68. The summed E-state index contributed by atoms with van der Waals surface area (Å²) >= 11 is 0. The lowest BCUT2D eigenvalue weighted by Crippen LogP contribution is -2.32. The standard InChI is InChI=1S/C18H16FN3O/c1-12-7-8-22(17(12)14-3-2-4-15(19)9-14)18(23)16-6-5-13(10-20)11-21-16/h2-6,9,11-12,17H,7-8H2,1H3/t12-,17-/m0/s1. The monoisotopic (exact) mass is 309 g/mol. The van der Waals surface area contributed by atoms with Crippen molar-refractivity contribution in [3.8, 4) is 6.07 Å². The van der Waals surface area contributed by atoms with Crippen LogP contribution in [0.2, 0.25) is 0 Å². The van der Waals surface area contributed by atoms with Crippen LogP contribution in [0.5, 0.6) is 0 Å². The van der Waals surface area contributed by atoms with Gasteiger partial charge < -0.3 is 4.90 Å². The Kier molecular flexibility index (Phi) is 4.07. The Morgan fingerprint density at radius 1 is 1.39 bits per heavy atom. The van der Waals surface area contributed by atoms with E-state index >= 15 is 0 Å². The highest BCUT2D eigenvalue weighted by molar-refractivity contribution is 5.92. The number of rotatable bonds is 2. The van der Waals surface area contributed by atoms with Crippen LogP contribution in [-0.2, 0) is 0 Å². The fourth-order valence-corrected chi connectivity index (χ4v) is 3.11. The van der Waals surface area contributed by atoms with Gasteiger partial charge in [0.15, 0.2) is 0 Å². The molecule has 1 aliphatic rings. The first kappa shape index (κ1) is 15.2. The summed E-state index contributed by atoms with van der Waals surface area (Å²) < 4.78 is 13.5. The molecule has 1 saturated heterocycles. The van der Waals surface area contributed by atoms with Gasteiger partial charge in [0.1, 0.15) is 17.6 Å². The molecule has 0 spiro atoms. The summed E-state index contributed by atoms with van der Waals surface area (Å²) in [5.74, 6) is -0.238. The molecule has 23 heavy (non-hydrogen) atoms. The van der Waals surface area contributed by atoms with E-state index in [4.69, 9.17) is 5.26 Å². The molecule has 1 aromatic heterocycles. The Balaban J connectivity index is 1.90. The maximum Gasteiger partial charge on any atom is 0.272 e. The minimum Gasteiger partial charge on any atom is -0.330 e. The predicted octanol–water partition coefficient (Wildman–Crippen LogP) is 3.32. The molecule has 0 bridgehead atoms. The van der Waals surface area contributed by atoms with E-state index in [0.717, 1.165) is 12.0 Å². The van der Waals surface area contributed by atoms with Crippen LogP contribution in [0.4, 0.5) is 4.39 Å². The van der Waals surface area contributed by atoms with E-state index in [2.05, 4.69) is 11.9 Å². The molecule has 5 heteroatoms. The zero-order chi connectivity index (χ0) is 16.4. The van der Waals surface area contributed by atoms with Gasteiger partial charge in [0.05, 0.1) is 11.6 Å². The van der Waals surface area contributed by atoms with E-state index in [9.17, 15) is 9.18 Å². The average molecular weight is 309 g/mol. The molecule has 2 atom stereocenters. The van der Waals surface area contributed by atoms with Crippen molar-refractivity contribution in [1.82, 2.24) is 9.88 Å². The highest BCUT2D eigenvalue weighted by Gasteiger charge is 2.36. The van der Waals surface area contributed by atoms with E-state index in [1.807, 2.05) is 12.1 Å². The number of carbonyl (C=O) groups excluding carboxylic acids is 1. The Bertz CT molecular complexity index is 767. The lowest BCUT2D eigenvalue weighted by molar-refractivity contribution is 0.0714. The van der Waals surface area contributed by atoms with Crippen LogP contribution in [0.3, 0.4) is 0 Å². The SMILES string of the molecule is C[C@H]1CCN(C(=O)c2ccc(C#N)cn2)[C@@H]1c1cccc(F)c1. The molecule has 1 aromatic carbocycles. The first-order valence-electron chi connectivity index (χ1n) is 7.52. The fourth-order valence-electron chi connectivity index (χ4n) is 3.11. The summed E-state index contributed by atoms with van der Waals surface area (Å²) in [4.78, 5) is 18.6. The molecule has 0 radical (unpaired) electrons. The van der Waals surface area contributed by atoms with Gasteiger partial charge in [-0.1, -0.05) is 19.1 Å². The number of carbonyl (C=O) groups is 1. The summed E-state index contributed by atoms with van der Waals surface area (Å²) in [6.07, 6.45) is 2.26. The average Bonchev–Trinajstić information content (AvgIpc) is 2.96. The number of nitriles is 1. The van der Waals surface area contributed by atoms with Gasteiger partial charge in [0.25, 0.3) is 5.91 Å². The molecule has 2 heterocycles. The van der Waals surface area contributed by atoms with E-state index in [1.165, 1.54) is 18.3 Å². The van der Waals surface area contributed by atoms with E-state index in [1.54, 1.807) is 23.1 Å². The fraction of sp³-hybridized carbons (Fsp3) is 0.278. The summed E-state index contributed by atoms with van der Waals surface area (Å²) in [6, 6.07) is 11.4. The van der Waals surface area contributed by atoms with Crippen LogP contribution in [0.25, 0.3) is 0 Å². The van der Waals surface area contributed by atoms with Crippen LogP contribution >= 0.6 is 0 Å². The second-order valence-electron chi connectivity index (χ2n) is 5.81. The van der Waals surface area contributed by atoms with Crippen molar-refractivity contribution in [2.45, 2.75) is 19.4 Å². The van der Waals surface area contributed by atoms with Crippen molar-refractivity contribution in [1.29, 1.82) is 5.26 Å². The van der Waals surface area contributed by atoms with Crippen LogP contribution in [0.15, 0.2) is 42.6 Å². The largest absolute Gasteiger partial charge is 0.330 e. The van der Waals surface area contributed by atoms with Crippen LogP contribution in [0, 0.1) is 23.1 Å². The van der Waals surface area contributed by atoms with Crippen LogP contribution in [0.1, 0.15) is 41.0 Å². The van der Waals surface area contributed by atoms with Gasteiger partial charge >= 0.3 is 0 Å². The van der Waals surface area contributed by atoms with Gasteiger partial charge in [-0.15, -0.1) is 0 Å². The van der Waals surface area contributed by atoms with Gasteiger partial charge in [0, 0.05) is 12.7 Å². The highest BCUT2D eigenvalue weighted by Crippen LogP contribution is 2.37. The lowest BCUT2D eigenvalue weighted by Gasteiger charge is -2.27. The maximum absolute atomic E-state index is 13.5. The third kappa shape index (κ3) is 2.93. The second kappa shape index (κ2) is 6.17. The van der Waals surface area contributed by atoms with Crippen LogP contribution < -0.4 is 0 Å². The Labute approximate surface area is 134 Å². The van der Waals surface area contributed by atoms with Gasteiger partial charge in [0.2, 0.25) is 0 Å². The Hall–Kier alpha value is -2.74. The number of aromatic nitrogens is 1. The van der Waals surface area contributed by atoms with Gasteiger partial charge in [-0.05, 0) is 42.2 Å². The van der Waals surface area contributed by atoms with E-state index < -0.39 is 0 Å². The number of amides is 1. The molecule has 0 saturated carbocycles. The molecular weight excluding hydrogens is 293 g/mol. The van der Waals surface area contributed by atoms with Crippen molar-refractivity contribution >= 4 is 5.91 Å². The number of halogens is 1. The van der Waals surface area contributed by atoms with Gasteiger partial charge in [-0.25, -0.2) is 9.37 Å². The molecule has 1 fully saturated rings. The van der Waals surface area contributed by atoms with Crippen molar-refractivity contribution in [2.75, 3.05) is 6.54 Å². The molecule has 3 rings (SSSR count). The normalized spacial score (nSPS) is 20.3. The summed E-state index contributed by atoms with van der Waals surface area (Å²) in [7, 11) is 0. The molecule has 1 amide bonds. The number of nitrogens with zero attached hydrogens (tertiary/aromatic N) is 3. The Morgan fingerprint density at radius 3 is 2.87 bits per heavy atom. The number of likely N-dealkylation sites (tertiary alicyclic amines) is 1. The molecule has 0 N–H and O–H groups in total. The highest BCUT2D eigenvalue weighted by atomic mass is 19.1. The predicted molar refractivity (Wildman–Crippen MR) is 82.9 cm³/mol. The molecule has 0 unspecified atom stereocenters. The van der Waals surface area contributed by atoms with E-state index in [-0.39, 0.29) is 23.7 Å². The maximum atomic E-state index is 13.5. The number of benzene rings is 1. The molecule has 0 aliphatic carbocycles. The molecule has 2 aromatic rings.